The molecule has 1 aromatic carbocycles. The van der Waals surface area contributed by atoms with Gasteiger partial charge in [0, 0.05) is 19.2 Å². The van der Waals surface area contributed by atoms with E-state index in [1.807, 2.05) is 18.2 Å². The third-order valence-electron chi connectivity index (χ3n) is 4.71. The van der Waals surface area contributed by atoms with Crippen molar-refractivity contribution in [2.24, 2.45) is 5.92 Å². The maximum absolute atomic E-state index is 5.47. The summed E-state index contributed by atoms with van der Waals surface area (Å²) in [5, 5.41) is 11.0. The molecular weight excluding hydrogens is 348 g/mol. The molecule has 9 nitrogen and oxygen atoms in total. The molecule has 1 aliphatic heterocycles. The third-order valence-corrected chi connectivity index (χ3v) is 4.71. The Morgan fingerprint density at radius 1 is 1.15 bits per heavy atom. The molecule has 0 saturated carbocycles. The Hall–Kier alpha value is -3.10. The van der Waals surface area contributed by atoms with Crippen molar-refractivity contribution in [2.45, 2.75) is 19.8 Å². The Balaban J connectivity index is 1.77. The Kier molecular flexibility index (Phi) is 4.66. The number of aromatic nitrogens is 4. The average Bonchev–Trinajstić information content (AvgIpc) is 3.14. The summed E-state index contributed by atoms with van der Waals surface area (Å²) >= 11 is 0. The van der Waals surface area contributed by atoms with Crippen LogP contribution in [0.3, 0.4) is 0 Å². The molecule has 0 bridgehead atoms. The smallest absolute Gasteiger partial charge is 0.245 e. The summed E-state index contributed by atoms with van der Waals surface area (Å²) in [5.41, 5.74) is 1.48. The molecule has 0 unspecified atom stereocenters. The molecule has 0 amide bonds. The van der Waals surface area contributed by atoms with Crippen LogP contribution in [0.5, 0.6) is 11.5 Å². The van der Waals surface area contributed by atoms with E-state index in [0.717, 1.165) is 31.0 Å². The average molecular weight is 370 g/mol. The van der Waals surface area contributed by atoms with E-state index in [1.165, 1.54) is 6.42 Å². The van der Waals surface area contributed by atoms with Crippen LogP contribution in [0.15, 0.2) is 22.8 Å². The van der Waals surface area contributed by atoms with E-state index in [2.05, 4.69) is 37.4 Å². The number of ether oxygens (including phenoxy) is 2. The standard InChI is InChI=1S/C18H22N6O3/c1-11-5-4-8-24(10-11)18-17(20-15-16(21-18)23-27-22-15)19-13-9-12(25-2)6-7-14(13)26-3/h6-7,9,11H,4-5,8,10H2,1-3H3,(H,19,20,22)/t11-/m1/s1. The lowest BCUT2D eigenvalue weighted by molar-refractivity contribution is 0.314. The van der Waals surface area contributed by atoms with Crippen LogP contribution < -0.4 is 19.7 Å². The molecule has 2 aromatic heterocycles. The van der Waals surface area contributed by atoms with E-state index < -0.39 is 0 Å². The first-order valence-electron chi connectivity index (χ1n) is 8.92. The predicted molar refractivity (Wildman–Crippen MR) is 101 cm³/mol. The second kappa shape index (κ2) is 7.26. The summed E-state index contributed by atoms with van der Waals surface area (Å²) in [5.74, 6) is 3.29. The summed E-state index contributed by atoms with van der Waals surface area (Å²) in [4.78, 5) is 11.5. The molecule has 0 aliphatic carbocycles. The molecule has 27 heavy (non-hydrogen) atoms. The minimum Gasteiger partial charge on any atom is -0.497 e. The van der Waals surface area contributed by atoms with Crippen LogP contribution in [0.25, 0.3) is 11.3 Å². The lowest BCUT2D eigenvalue weighted by Gasteiger charge is -2.32. The minimum atomic E-state index is 0.355. The van der Waals surface area contributed by atoms with Crippen LogP contribution in [0.4, 0.5) is 17.3 Å². The van der Waals surface area contributed by atoms with Crippen LogP contribution in [0.1, 0.15) is 19.8 Å². The highest BCUT2D eigenvalue weighted by atomic mass is 16.6. The van der Waals surface area contributed by atoms with Crippen molar-refractivity contribution in [2.75, 3.05) is 37.5 Å². The van der Waals surface area contributed by atoms with Crippen molar-refractivity contribution in [1.29, 1.82) is 0 Å². The van der Waals surface area contributed by atoms with Gasteiger partial charge in [-0.1, -0.05) is 6.92 Å². The van der Waals surface area contributed by atoms with Crippen molar-refractivity contribution in [3.8, 4) is 11.5 Å². The molecule has 0 radical (unpaired) electrons. The van der Waals surface area contributed by atoms with E-state index in [1.54, 1.807) is 14.2 Å². The number of piperidine rings is 1. The van der Waals surface area contributed by atoms with Gasteiger partial charge in [0.15, 0.2) is 11.6 Å². The van der Waals surface area contributed by atoms with Crippen LogP contribution in [-0.4, -0.2) is 47.6 Å². The molecule has 3 aromatic rings. The van der Waals surface area contributed by atoms with Gasteiger partial charge in [0.25, 0.3) is 0 Å². The second-order valence-electron chi connectivity index (χ2n) is 6.69. The fraction of sp³-hybridized carbons (Fsp3) is 0.444. The number of benzene rings is 1. The van der Waals surface area contributed by atoms with Gasteiger partial charge in [0.05, 0.1) is 19.9 Å². The normalized spacial score (nSPS) is 17.1. The zero-order valence-corrected chi connectivity index (χ0v) is 15.6. The maximum Gasteiger partial charge on any atom is 0.245 e. The summed E-state index contributed by atoms with van der Waals surface area (Å²) in [7, 11) is 3.25. The molecule has 1 aliphatic rings. The Bertz CT molecular complexity index is 944. The van der Waals surface area contributed by atoms with Gasteiger partial charge in [0.2, 0.25) is 11.3 Å². The Labute approximate surface area is 156 Å². The highest BCUT2D eigenvalue weighted by Gasteiger charge is 2.23. The van der Waals surface area contributed by atoms with Crippen molar-refractivity contribution in [3.63, 3.8) is 0 Å². The van der Waals surface area contributed by atoms with E-state index >= 15 is 0 Å². The third kappa shape index (κ3) is 3.44. The molecule has 1 saturated heterocycles. The monoisotopic (exact) mass is 370 g/mol. The maximum atomic E-state index is 5.47. The molecule has 9 heteroatoms. The lowest BCUT2D eigenvalue weighted by Crippen LogP contribution is -2.35. The molecular formula is C18H22N6O3. The fourth-order valence-electron chi connectivity index (χ4n) is 3.35. The predicted octanol–water partition coefficient (Wildman–Crippen LogP) is 3.01. The first-order valence-corrected chi connectivity index (χ1v) is 8.92. The summed E-state index contributed by atoms with van der Waals surface area (Å²) in [6.45, 7) is 4.07. The number of hydrogen-bond donors (Lipinski definition) is 1. The molecule has 1 atom stereocenters. The zero-order chi connectivity index (χ0) is 18.8. The Morgan fingerprint density at radius 3 is 2.70 bits per heavy atom. The van der Waals surface area contributed by atoms with Crippen LogP contribution in [0, 0.1) is 5.92 Å². The molecule has 1 fully saturated rings. The van der Waals surface area contributed by atoms with Crippen molar-refractivity contribution in [3.05, 3.63) is 18.2 Å². The number of rotatable bonds is 5. The van der Waals surface area contributed by atoms with Gasteiger partial charge in [-0.05, 0) is 41.2 Å². The van der Waals surface area contributed by atoms with E-state index in [9.17, 15) is 0 Å². The van der Waals surface area contributed by atoms with Crippen molar-refractivity contribution in [1.82, 2.24) is 20.3 Å². The largest absolute Gasteiger partial charge is 0.497 e. The topological polar surface area (TPSA) is 98.4 Å². The van der Waals surface area contributed by atoms with Gasteiger partial charge in [0.1, 0.15) is 11.5 Å². The number of nitrogens with one attached hydrogen (secondary N) is 1. The number of methoxy groups -OCH3 is 2. The number of anilines is 3. The van der Waals surface area contributed by atoms with Crippen LogP contribution >= 0.6 is 0 Å². The molecule has 3 heterocycles. The van der Waals surface area contributed by atoms with Gasteiger partial charge >= 0.3 is 0 Å². The SMILES string of the molecule is COc1ccc(OC)c(Nc2nc3nonc3nc2N2CCC[C@@H](C)C2)c1. The summed E-state index contributed by atoms with van der Waals surface area (Å²) in [6.07, 6.45) is 2.32. The molecule has 1 N–H and O–H groups in total. The number of fused-ring (bicyclic) bond motifs is 1. The first kappa shape index (κ1) is 17.3. The second-order valence-corrected chi connectivity index (χ2v) is 6.69. The zero-order valence-electron chi connectivity index (χ0n) is 15.6. The van der Waals surface area contributed by atoms with Crippen molar-refractivity contribution >= 4 is 28.6 Å². The Morgan fingerprint density at radius 2 is 1.96 bits per heavy atom. The fourth-order valence-corrected chi connectivity index (χ4v) is 3.35. The van der Waals surface area contributed by atoms with Crippen LogP contribution in [-0.2, 0) is 0 Å². The highest BCUT2D eigenvalue weighted by Crippen LogP contribution is 2.35. The van der Waals surface area contributed by atoms with Crippen molar-refractivity contribution < 1.29 is 14.1 Å². The number of nitrogens with zero attached hydrogens (tertiary/aromatic N) is 5. The van der Waals surface area contributed by atoms with Gasteiger partial charge < -0.3 is 19.7 Å². The van der Waals surface area contributed by atoms with E-state index in [0.29, 0.717) is 34.5 Å². The number of hydrogen-bond acceptors (Lipinski definition) is 9. The van der Waals surface area contributed by atoms with Crippen LogP contribution in [0.2, 0.25) is 0 Å². The molecule has 4 rings (SSSR count). The highest BCUT2D eigenvalue weighted by molar-refractivity contribution is 5.79. The van der Waals surface area contributed by atoms with Gasteiger partial charge in [-0.2, -0.15) is 0 Å². The quantitative estimate of drug-likeness (QED) is 0.726. The van der Waals surface area contributed by atoms with Gasteiger partial charge in [-0.3, -0.25) is 0 Å². The lowest BCUT2D eigenvalue weighted by atomic mass is 10.0. The summed E-state index contributed by atoms with van der Waals surface area (Å²) in [6, 6.07) is 5.54. The first-order chi connectivity index (χ1) is 13.2. The molecule has 142 valence electrons. The minimum absolute atomic E-state index is 0.355. The van der Waals surface area contributed by atoms with Gasteiger partial charge in [-0.15, -0.1) is 0 Å². The van der Waals surface area contributed by atoms with Gasteiger partial charge in [-0.25, -0.2) is 14.6 Å². The van der Waals surface area contributed by atoms with E-state index in [-0.39, 0.29) is 0 Å². The van der Waals surface area contributed by atoms with E-state index in [4.69, 9.17) is 14.1 Å². The summed E-state index contributed by atoms with van der Waals surface area (Å²) < 4.78 is 15.6. The molecule has 0 spiro atoms.